The summed E-state index contributed by atoms with van der Waals surface area (Å²) in [7, 11) is 0. The standard InChI is InChI=1S/C22H19N3O3S/c1-13-14(2)19(25(26)27)9-8-16(13)20-10-7-15(28-20)12-24-22-18(11-23)17-5-3-4-6-21(17)29-22/h7-10,12H,3-6H2,1-2H3. The maximum Gasteiger partial charge on any atom is 0.272 e. The molecule has 2 aromatic heterocycles. The van der Waals surface area contributed by atoms with Gasteiger partial charge in [-0.25, -0.2) is 4.99 Å². The number of nitro groups is 1. The van der Waals surface area contributed by atoms with E-state index in [2.05, 4.69) is 11.1 Å². The summed E-state index contributed by atoms with van der Waals surface area (Å²) < 4.78 is 5.91. The van der Waals surface area contributed by atoms with Crippen molar-refractivity contribution in [3.05, 3.63) is 67.3 Å². The van der Waals surface area contributed by atoms with Gasteiger partial charge in [0.15, 0.2) is 0 Å². The number of furan rings is 1. The Labute approximate surface area is 172 Å². The SMILES string of the molecule is Cc1c(-c2ccc(C=Nc3sc4c(c3C#N)CCCC4)o2)ccc([N+](=O)[O-])c1C. The zero-order valence-corrected chi connectivity index (χ0v) is 17.0. The van der Waals surface area contributed by atoms with E-state index in [4.69, 9.17) is 4.42 Å². The van der Waals surface area contributed by atoms with E-state index < -0.39 is 0 Å². The minimum Gasteiger partial charge on any atom is -0.455 e. The number of nitrogens with zero attached hydrogens (tertiary/aromatic N) is 3. The highest BCUT2D eigenvalue weighted by Gasteiger charge is 2.20. The molecule has 3 aromatic rings. The van der Waals surface area contributed by atoms with Gasteiger partial charge in [0.05, 0.1) is 16.7 Å². The van der Waals surface area contributed by atoms with Crippen molar-refractivity contribution in [3.8, 4) is 17.4 Å². The van der Waals surface area contributed by atoms with Crippen molar-refractivity contribution < 1.29 is 9.34 Å². The fourth-order valence-electron chi connectivity index (χ4n) is 3.72. The molecule has 0 N–H and O–H groups in total. The zero-order valence-electron chi connectivity index (χ0n) is 16.2. The lowest BCUT2D eigenvalue weighted by atomic mass is 9.96. The van der Waals surface area contributed by atoms with Crippen LogP contribution in [0.4, 0.5) is 10.7 Å². The molecule has 29 heavy (non-hydrogen) atoms. The summed E-state index contributed by atoms with van der Waals surface area (Å²) in [5.41, 5.74) is 4.21. The van der Waals surface area contributed by atoms with Gasteiger partial charge in [0.25, 0.3) is 5.69 Å². The molecule has 1 aromatic carbocycles. The molecule has 4 rings (SSSR count). The van der Waals surface area contributed by atoms with Gasteiger partial charge in [0.1, 0.15) is 22.6 Å². The van der Waals surface area contributed by atoms with Crippen LogP contribution in [-0.4, -0.2) is 11.1 Å². The van der Waals surface area contributed by atoms with E-state index in [9.17, 15) is 15.4 Å². The summed E-state index contributed by atoms with van der Waals surface area (Å²) in [4.78, 5) is 16.5. The lowest BCUT2D eigenvalue weighted by Gasteiger charge is -2.09. The van der Waals surface area contributed by atoms with E-state index in [1.54, 1.807) is 30.5 Å². The minimum atomic E-state index is -0.375. The second-order valence-electron chi connectivity index (χ2n) is 7.10. The molecule has 0 unspecified atom stereocenters. The Kier molecular flexibility index (Phi) is 5.03. The van der Waals surface area contributed by atoms with E-state index in [1.165, 1.54) is 10.9 Å². The highest BCUT2D eigenvalue weighted by atomic mass is 32.1. The summed E-state index contributed by atoms with van der Waals surface area (Å²) in [6.45, 7) is 3.59. The van der Waals surface area contributed by atoms with Crippen LogP contribution < -0.4 is 0 Å². The molecule has 1 aliphatic rings. The van der Waals surface area contributed by atoms with E-state index in [1.807, 2.05) is 19.1 Å². The Balaban J connectivity index is 1.63. The van der Waals surface area contributed by atoms with Crippen LogP contribution >= 0.6 is 11.3 Å². The maximum atomic E-state index is 11.1. The Morgan fingerprint density at radius 1 is 1.21 bits per heavy atom. The van der Waals surface area contributed by atoms with E-state index in [0.29, 0.717) is 22.6 Å². The van der Waals surface area contributed by atoms with Gasteiger partial charge in [-0.3, -0.25) is 10.1 Å². The number of benzene rings is 1. The molecule has 146 valence electrons. The van der Waals surface area contributed by atoms with Gasteiger partial charge >= 0.3 is 0 Å². The summed E-state index contributed by atoms with van der Waals surface area (Å²) in [5.74, 6) is 1.21. The van der Waals surface area contributed by atoms with Gasteiger partial charge in [-0.1, -0.05) is 0 Å². The van der Waals surface area contributed by atoms with Crippen LogP contribution in [0.1, 0.15) is 45.7 Å². The number of aliphatic imine (C=N–C) groups is 1. The normalized spacial score (nSPS) is 13.4. The number of nitro benzene ring substituents is 1. The summed E-state index contributed by atoms with van der Waals surface area (Å²) in [5, 5.41) is 21.4. The highest BCUT2D eigenvalue weighted by Crippen LogP contribution is 2.39. The Bertz CT molecular complexity index is 1180. The number of aryl methyl sites for hydroxylation is 1. The van der Waals surface area contributed by atoms with Gasteiger partial charge in [-0.05, 0) is 68.9 Å². The Morgan fingerprint density at radius 3 is 2.76 bits per heavy atom. The summed E-state index contributed by atoms with van der Waals surface area (Å²) in [6.07, 6.45) is 5.89. The molecule has 0 spiro atoms. The monoisotopic (exact) mass is 405 g/mol. The molecule has 7 heteroatoms. The topological polar surface area (TPSA) is 92.4 Å². The van der Waals surface area contributed by atoms with Crippen molar-refractivity contribution in [2.75, 3.05) is 0 Å². The second kappa shape index (κ2) is 7.64. The highest BCUT2D eigenvalue weighted by molar-refractivity contribution is 7.16. The van der Waals surface area contributed by atoms with Crippen molar-refractivity contribution >= 4 is 28.2 Å². The predicted molar refractivity (Wildman–Crippen MR) is 113 cm³/mol. The second-order valence-corrected chi connectivity index (χ2v) is 8.19. The van der Waals surface area contributed by atoms with Crippen LogP contribution in [0, 0.1) is 35.3 Å². The first-order chi connectivity index (χ1) is 14.0. The first kappa shape index (κ1) is 19.1. The molecule has 0 amide bonds. The van der Waals surface area contributed by atoms with E-state index in [-0.39, 0.29) is 10.6 Å². The number of fused-ring (bicyclic) bond motifs is 1. The van der Waals surface area contributed by atoms with Crippen molar-refractivity contribution in [2.45, 2.75) is 39.5 Å². The maximum absolute atomic E-state index is 11.1. The van der Waals surface area contributed by atoms with E-state index in [0.717, 1.165) is 47.4 Å². The number of hydrogen-bond acceptors (Lipinski definition) is 6. The smallest absolute Gasteiger partial charge is 0.272 e. The third-order valence-electron chi connectivity index (χ3n) is 5.42. The molecule has 0 radical (unpaired) electrons. The van der Waals surface area contributed by atoms with Crippen LogP contribution in [0.5, 0.6) is 0 Å². The zero-order chi connectivity index (χ0) is 20.5. The predicted octanol–water partition coefficient (Wildman–Crippen LogP) is 6.03. The third kappa shape index (κ3) is 3.47. The van der Waals surface area contributed by atoms with Gasteiger partial charge in [0.2, 0.25) is 0 Å². The average molecular weight is 405 g/mol. The summed E-state index contributed by atoms with van der Waals surface area (Å²) in [6, 6.07) is 9.17. The lowest BCUT2D eigenvalue weighted by Crippen LogP contribution is -1.99. The van der Waals surface area contributed by atoms with E-state index >= 15 is 0 Å². The molecule has 0 saturated heterocycles. The van der Waals surface area contributed by atoms with Crippen LogP contribution in [0.15, 0.2) is 33.7 Å². The van der Waals surface area contributed by atoms with Gasteiger partial charge in [-0.15, -0.1) is 11.3 Å². The van der Waals surface area contributed by atoms with Gasteiger partial charge in [-0.2, -0.15) is 5.26 Å². The molecule has 0 fully saturated rings. The van der Waals surface area contributed by atoms with Gasteiger partial charge < -0.3 is 4.42 Å². The molecule has 0 aliphatic heterocycles. The molecule has 0 saturated carbocycles. The average Bonchev–Trinajstić information content (AvgIpc) is 3.32. The van der Waals surface area contributed by atoms with Crippen LogP contribution in [-0.2, 0) is 12.8 Å². The Hall–Kier alpha value is -3.24. The third-order valence-corrected chi connectivity index (χ3v) is 6.62. The molecule has 1 aliphatic carbocycles. The van der Waals surface area contributed by atoms with Crippen LogP contribution in [0.3, 0.4) is 0 Å². The first-order valence-electron chi connectivity index (χ1n) is 9.43. The molecular weight excluding hydrogens is 386 g/mol. The van der Waals surface area contributed by atoms with Crippen molar-refractivity contribution in [1.82, 2.24) is 0 Å². The van der Waals surface area contributed by atoms with Crippen LogP contribution in [0.2, 0.25) is 0 Å². The van der Waals surface area contributed by atoms with Crippen molar-refractivity contribution in [3.63, 3.8) is 0 Å². The quantitative estimate of drug-likeness (QED) is 0.301. The number of thiophene rings is 1. The molecular formula is C22H19N3O3S. The fourth-order valence-corrected chi connectivity index (χ4v) is 4.90. The Morgan fingerprint density at radius 2 is 2.00 bits per heavy atom. The number of nitriles is 1. The number of hydrogen-bond donors (Lipinski definition) is 0. The fraction of sp³-hybridized carbons (Fsp3) is 0.273. The van der Waals surface area contributed by atoms with Crippen molar-refractivity contribution in [2.24, 2.45) is 4.99 Å². The first-order valence-corrected chi connectivity index (χ1v) is 10.2. The van der Waals surface area contributed by atoms with Crippen LogP contribution in [0.25, 0.3) is 11.3 Å². The summed E-state index contributed by atoms with van der Waals surface area (Å²) >= 11 is 1.59. The molecule has 0 atom stereocenters. The van der Waals surface area contributed by atoms with Gasteiger partial charge in [0, 0.05) is 22.1 Å². The number of rotatable bonds is 4. The largest absolute Gasteiger partial charge is 0.455 e. The van der Waals surface area contributed by atoms with Crippen molar-refractivity contribution in [1.29, 1.82) is 5.26 Å². The lowest BCUT2D eigenvalue weighted by molar-refractivity contribution is -0.385. The minimum absolute atomic E-state index is 0.102. The molecule has 0 bridgehead atoms. The molecule has 6 nitrogen and oxygen atoms in total. The molecule has 2 heterocycles.